The van der Waals surface area contributed by atoms with Gasteiger partial charge in [-0.15, -0.1) is 11.3 Å². The highest BCUT2D eigenvalue weighted by Gasteiger charge is 2.17. The molecule has 2 aromatic heterocycles. The summed E-state index contributed by atoms with van der Waals surface area (Å²) in [7, 11) is 5.22. The lowest BCUT2D eigenvalue weighted by atomic mass is 10.1. The molecule has 0 unspecified atom stereocenters. The number of benzene rings is 2. The van der Waals surface area contributed by atoms with E-state index < -0.39 is 0 Å². The van der Waals surface area contributed by atoms with Crippen LogP contribution in [0.2, 0.25) is 4.34 Å². The zero-order valence-electron chi connectivity index (χ0n) is 19.3. The molecule has 0 radical (unpaired) electrons. The van der Waals surface area contributed by atoms with Gasteiger partial charge in [-0.3, -0.25) is 10.2 Å². The summed E-state index contributed by atoms with van der Waals surface area (Å²) in [5, 5.41) is 15.3. The Balaban J connectivity index is 1.58. The number of carbonyl (C=O) groups excluding carboxylic acids is 1. The molecule has 0 fully saturated rings. The van der Waals surface area contributed by atoms with Crippen LogP contribution in [0.5, 0.6) is 17.2 Å². The number of nitrogens with zero attached hydrogens (tertiary/aromatic N) is 2. The standard InChI is InChI=1S/C25H23ClN4O4S/c1-30(2)24(27)15-4-9-19(21(12-15)33-17-7-5-16(32-3)6-8-17)20-13-18(34-29-20)14-28-25(31)22-10-11-23(26)35-22/h4-13,27H,14H2,1-3H3,(H,28,31). The average molecular weight is 511 g/mol. The second-order valence-corrected chi connectivity index (χ2v) is 9.41. The summed E-state index contributed by atoms with van der Waals surface area (Å²) in [6.45, 7) is 0.166. The number of aromatic nitrogens is 1. The zero-order valence-corrected chi connectivity index (χ0v) is 20.9. The van der Waals surface area contributed by atoms with Crippen molar-refractivity contribution in [2.24, 2.45) is 0 Å². The molecule has 4 rings (SSSR count). The maximum Gasteiger partial charge on any atom is 0.261 e. The van der Waals surface area contributed by atoms with Crippen LogP contribution < -0.4 is 14.8 Å². The van der Waals surface area contributed by atoms with E-state index in [-0.39, 0.29) is 12.5 Å². The number of amidine groups is 1. The Morgan fingerprint density at radius 3 is 2.51 bits per heavy atom. The van der Waals surface area contributed by atoms with Crippen molar-refractivity contribution in [1.82, 2.24) is 15.4 Å². The van der Waals surface area contributed by atoms with Crippen molar-refractivity contribution in [1.29, 1.82) is 5.41 Å². The van der Waals surface area contributed by atoms with Crippen molar-refractivity contribution in [3.05, 3.63) is 81.2 Å². The minimum atomic E-state index is -0.241. The first-order chi connectivity index (χ1) is 16.8. The molecule has 0 bridgehead atoms. The number of hydrogen-bond acceptors (Lipinski definition) is 7. The fourth-order valence-corrected chi connectivity index (χ4v) is 4.17. The van der Waals surface area contributed by atoms with Crippen molar-refractivity contribution >= 4 is 34.7 Å². The lowest BCUT2D eigenvalue weighted by Gasteiger charge is -2.16. The number of hydrogen-bond donors (Lipinski definition) is 2. The van der Waals surface area contributed by atoms with Crippen molar-refractivity contribution < 1.29 is 18.8 Å². The highest BCUT2D eigenvalue weighted by atomic mass is 35.5. The summed E-state index contributed by atoms with van der Waals surface area (Å²) in [6, 6.07) is 17.8. The van der Waals surface area contributed by atoms with Gasteiger partial charge in [0.15, 0.2) is 5.76 Å². The lowest BCUT2D eigenvalue weighted by molar-refractivity contribution is 0.0951. The van der Waals surface area contributed by atoms with E-state index >= 15 is 0 Å². The number of ether oxygens (including phenoxy) is 2. The van der Waals surface area contributed by atoms with E-state index in [1.165, 1.54) is 11.3 Å². The molecule has 4 aromatic rings. The van der Waals surface area contributed by atoms with E-state index in [0.29, 0.717) is 54.9 Å². The molecule has 35 heavy (non-hydrogen) atoms. The summed E-state index contributed by atoms with van der Waals surface area (Å²) in [5.41, 5.74) is 1.91. The van der Waals surface area contributed by atoms with E-state index in [1.54, 1.807) is 60.5 Å². The maximum absolute atomic E-state index is 12.3. The number of methoxy groups -OCH3 is 1. The van der Waals surface area contributed by atoms with Crippen LogP contribution in [0.15, 0.2) is 65.2 Å². The van der Waals surface area contributed by atoms with Crippen LogP contribution >= 0.6 is 22.9 Å². The summed E-state index contributed by atoms with van der Waals surface area (Å²) < 4.78 is 17.4. The fourth-order valence-electron chi connectivity index (χ4n) is 3.21. The van der Waals surface area contributed by atoms with E-state index in [4.69, 9.17) is 31.0 Å². The minimum Gasteiger partial charge on any atom is -0.497 e. The van der Waals surface area contributed by atoms with Crippen LogP contribution in [0.3, 0.4) is 0 Å². The van der Waals surface area contributed by atoms with Gasteiger partial charge in [-0.1, -0.05) is 22.8 Å². The first-order valence-corrected chi connectivity index (χ1v) is 11.7. The van der Waals surface area contributed by atoms with Crippen LogP contribution in [0, 0.1) is 5.41 Å². The highest BCUT2D eigenvalue weighted by molar-refractivity contribution is 7.18. The molecule has 1 amide bonds. The summed E-state index contributed by atoms with van der Waals surface area (Å²) in [6.07, 6.45) is 0. The summed E-state index contributed by atoms with van der Waals surface area (Å²) in [4.78, 5) is 14.5. The van der Waals surface area contributed by atoms with Gasteiger partial charge < -0.3 is 24.2 Å². The summed E-state index contributed by atoms with van der Waals surface area (Å²) >= 11 is 7.11. The molecule has 2 N–H and O–H groups in total. The first-order valence-electron chi connectivity index (χ1n) is 10.6. The smallest absolute Gasteiger partial charge is 0.261 e. The second kappa shape index (κ2) is 10.6. The predicted octanol–water partition coefficient (Wildman–Crippen LogP) is 5.67. The van der Waals surface area contributed by atoms with Crippen LogP contribution in [-0.2, 0) is 6.54 Å². The molecule has 180 valence electrons. The Labute approximate surface area is 211 Å². The topological polar surface area (TPSA) is 101 Å². The Morgan fingerprint density at radius 1 is 1.11 bits per heavy atom. The molecule has 2 aromatic carbocycles. The van der Waals surface area contributed by atoms with Gasteiger partial charge in [-0.05, 0) is 48.5 Å². The van der Waals surface area contributed by atoms with Crippen molar-refractivity contribution in [2.45, 2.75) is 6.54 Å². The van der Waals surface area contributed by atoms with Crippen molar-refractivity contribution in [3.8, 4) is 28.5 Å². The third-order valence-electron chi connectivity index (χ3n) is 5.04. The molecular weight excluding hydrogens is 488 g/mol. The molecule has 0 saturated carbocycles. The SMILES string of the molecule is COc1ccc(Oc2cc(C(=N)N(C)C)ccc2-c2cc(CNC(=O)c3ccc(Cl)s3)on2)cc1. The molecule has 2 heterocycles. The quantitative estimate of drug-likeness (QED) is 0.234. The monoisotopic (exact) mass is 510 g/mol. The molecule has 8 nitrogen and oxygen atoms in total. The van der Waals surface area contributed by atoms with Gasteiger partial charge in [0.05, 0.1) is 22.9 Å². The van der Waals surface area contributed by atoms with Crippen LogP contribution in [0.25, 0.3) is 11.3 Å². The highest BCUT2D eigenvalue weighted by Crippen LogP contribution is 2.35. The number of carbonyl (C=O) groups is 1. The number of rotatable bonds is 8. The third kappa shape index (κ3) is 5.82. The van der Waals surface area contributed by atoms with Gasteiger partial charge in [0.25, 0.3) is 5.91 Å². The van der Waals surface area contributed by atoms with E-state index in [1.807, 2.05) is 26.2 Å². The predicted molar refractivity (Wildman–Crippen MR) is 136 cm³/mol. The van der Waals surface area contributed by atoms with E-state index in [0.717, 1.165) is 0 Å². The molecule has 0 atom stereocenters. The minimum absolute atomic E-state index is 0.166. The number of halogens is 1. The van der Waals surface area contributed by atoms with Crippen molar-refractivity contribution in [3.63, 3.8) is 0 Å². The van der Waals surface area contributed by atoms with Gasteiger partial charge in [0, 0.05) is 31.3 Å². The summed E-state index contributed by atoms with van der Waals surface area (Å²) in [5.74, 6) is 2.41. The van der Waals surface area contributed by atoms with Gasteiger partial charge in [0.2, 0.25) is 0 Å². The molecule has 0 aliphatic rings. The van der Waals surface area contributed by atoms with Gasteiger partial charge in [-0.25, -0.2) is 0 Å². The van der Waals surface area contributed by atoms with Crippen LogP contribution in [-0.4, -0.2) is 43.0 Å². The normalized spacial score (nSPS) is 10.6. The number of amides is 1. The number of thiophene rings is 1. The van der Waals surface area contributed by atoms with Gasteiger partial charge in [-0.2, -0.15) is 0 Å². The lowest BCUT2D eigenvalue weighted by Crippen LogP contribution is -2.21. The molecule has 0 saturated heterocycles. The molecule has 0 aliphatic heterocycles. The van der Waals surface area contributed by atoms with Crippen LogP contribution in [0.1, 0.15) is 21.0 Å². The average Bonchev–Trinajstić information content (AvgIpc) is 3.51. The molecule has 0 spiro atoms. The Kier molecular flexibility index (Phi) is 7.38. The van der Waals surface area contributed by atoms with E-state index in [2.05, 4.69) is 10.5 Å². The third-order valence-corrected chi connectivity index (χ3v) is 6.27. The molecule has 10 heteroatoms. The molecule has 0 aliphatic carbocycles. The van der Waals surface area contributed by atoms with E-state index in [9.17, 15) is 4.79 Å². The largest absolute Gasteiger partial charge is 0.497 e. The van der Waals surface area contributed by atoms with Gasteiger partial charge >= 0.3 is 0 Å². The number of nitrogens with one attached hydrogen (secondary N) is 2. The van der Waals surface area contributed by atoms with Gasteiger partial charge in [0.1, 0.15) is 28.8 Å². The maximum atomic E-state index is 12.3. The zero-order chi connectivity index (χ0) is 24.9. The fraction of sp³-hybridized carbons (Fsp3) is 0.160. The second-order valence-electron chi connectivity index (χ2n) is 7.70. The van der Waals surface area contributed by atoms with Crippen molar-refractivity contribution in [2.75, 3.05) is 21.2 Å². The molecular formula is C25H23ClN4O4S. The Morgan fingerprint density at radius 2 is 1.86 bits per heavy atom. The Hall–Kier alpha value is -3.82. The Bertz CT molecular complexity index is 1350. The first kappa shape index (κ1) is 24.3. The van der Waals surface area contributed by atoms with Crippen LogP contribution in [0.4, 0.5) is 0 Å².